The Bertz CT molecular complexity index is 1370. The number of anilines is 1. The van der Waals surface area contributed by atoms with E-state index >= 15 is 0 Å². The number of ether oxygens (including phenoxy) is 1. The number of unbranched alkanes of at least 4 members (excludes halogenated alkanes) is 2. The van der Waals surface area contributed by atoms with Crippen LogP contribution in [0.5, 0.6) is 0 Å². The van der Waals surface area contributed by atoms with Gasteiger partial charge in [0, 0.05) is 12.2 Å². The van der Waals surface area contributed by atoms with Gasteiger partial charge in [-0.3, -0.25) is 9.59 Å². The van der Waals surface area contributed by atoms with Crippen molar-refractivity contribution in [2.75, 3.05) is 11.9 Å². The second-order valence-electron chi connectivity index (χ2n) is 12.5. The highest BCUT2D eigenvalue weighted by atomic mass is 16.6. The summed E-state index contributed by atoms with van der Waals surface area (Å²) in [4.78, 5) is 43.0. The van der Waals surface area contributed by atoms with Gasteiger partial charge in [-0.2, -0.15) is 0 Å². The zero-order chi connectivity index (χ0) is 31.0. The monoisotopic (exact) mass is 573 g/mol. The number of aryl methyl sites for hydroxylation is 2. The van der Waals surface area contributed by atoms with Crippen LogP contribution >= 0.6 is 0 Å². The number of rotatable bonds is 11. The minimum atomic E-state index is -0.902. The maximum absolute atomic E-state index is 14.4. The number of nitrogens with zero attached hydrogens (tertiary/aromatic N) is 1. The fraction of sp³-hybridized carbons (Fsp3) is 0.457. The van der Waals surface area contributed by atoms with E-state index in [1.165, 1.54) is 0 Å². The van der Waals surface area contributed by atoms with Crippen LogP contribution in [0.3, 0.4) is 0 Å². The average Bonchev–Trinajstić information content (AvgIpc) is 2.89. The van der Waals surface area contributed by atoms with Crippen molar-refractivity contribution in [3.05, 3.63) is 77.4 Å². The number of hydrogen-bond donors (Lipinski definition) is 2. The Kier molecular flexibility index (Phi) is 11.1. The molecular formula is C35H47N3O4. The quantitative estimate of drug-likeness (QED) is 0.230. The molecule has 3 aromatic carbocycles. The van der Waals surface area contributed by atoms with Crippen LogP contribution < -0.4 is 10.6 Å². The van der Waals surface area contributed by atoms with E-state index in [-0.39, 0.29) is 17.7 Å². The molecule has 0 fully saturated rings. The zero-order valence-corrected chi connectivity index (χ0v) is 26.4. The summed E-state index contributed by atoms with van der Waals surface area (Å²) in [5.41, 5.74) is 2.68. The molecule has 3 aromatic rings. The highest BCUT2D eigenvalue weighted by Gasteiger charge is 2.37. The smallest absolute Gasteiger partial charge is 0.408 e. The van der Waals surface area contributed by atoms with Crippen LogP contribution in [0, 0.1) is 19.8 Å². The number of carbonyl (C=O) groups excluding carboxylic acids is 3. The molecule has 3 amide bonds. The molecule has 0 aliphatic heterocycles. The molecule has 2 unspecified atom stereocenters. The third-order valence-corrected chi connectivity index (χ3v) is 7.03. The predicted molar refractivity (Wildman–Crippen MR) is 170 cm³/mol. The first kappa shape index (κ1) is 32.6. The molecular weight excluding hydrogens is 526 g/mol. The normalized spacial score (nSPS) is 13.0. The summed E-state index contributed by atoms with van der Waals surface area (Å²) in [5, 5.41) is 7.97. The minimum absolute atomic E-state index is 0.234. The Balaban J connectivity index is 2.06. The van der Waals surface area contributed by atoms with E-state index in [4.69, 9.17) is 4.74 Å². The van der Waals surface area contributed by atoms with Crippen molar-refractivity contribution < 1.29 is 19.1 Å². The Morgan fingerprint density at radius 3 is 2.12 bits per heavy atom. The molecule has 7 nitrogen and oxygen atoms in total. The third-order valence-electron chi connectivity index (χ3n) is 7.03. The van der Waals surface area contributed by atoms with Crippen LogP contribution in [-0.2, 0) is 14.3 Å². The molecule has 2 atom stereocenters. The number of amides is 3. The predicted octanol–water partition coefficient (Wildman–Crippen LogP) is 7.70. The molecule has 0 saturated heterocycles. The molecule has 3 rings (SSSR count). The molecule has 2 N–H and O–H groups in total. The molecule has 0 aromatic heterocycles. The number of nitrogens with one attached hydrogen (secondary N) is 2. The van der Waals surface area contributed by atoms with Crippen molar-refractivity contribution in [1.82, 2.24) is 10.2 Å². The Labute approximate surface area is 251 Å². The molecule has 226 valence electrons. The SMILES string of the molecule is CCCCCN(C(=O)C(NC(=O)OC(C)(C)C)C(C)C)C(C(=O)Nc1ccc2ccccc2c1)c1cc(C)cc(C)c1. The lowest BCUT2D eigenvalue weighted by atomic mass is 9.96. The fourth-order valence-corrected chi connectivity index (χ4v) is 5.14. The van der Waals surface area contributed by atoms with Gasteiger partial charge in [0.25, 0.3) is 5.91 Å². The van der Waals surface area contributed by atoms with E-state index in [1.54, 1.807) is 25.7 Å². The van der Waals surface area contributed by atoms with Gasteiger partial charge < -0.3 is 20.3 Å². The van der Waals surface area contributed by atoms with Crippen LogP contribution in [0.15, 0.2) is 60.7 Å². The van der Waals surface area contributed by atoms with E-state index in [0.717, 1.165) is 46.7 Å². The summed E-state index contributed by atoms with van der Waals surface area (Å²) < 4.78 is 5.48. The van der Waals surface area contributed by atoms with Gasteiger partial charge in [-0.25, -0.2) is 4.79 Å². The van der Waals surface area contributed by atoms with Crippen LogP contribution in [0.25, 0.3) is 10.8 Å². The third kappa shape index (κ3) is 9.07. The first-order valence-corrected chi connectivity index (χ1v) is 15.0. The number of hydrogen-bond acceptors (Lipinski definition) is 4. The largest absolute Gasteiger partial charge is 0.444 e. The highest BCUT2D eigenvalue weighted by Crippen LogP contribution is 2.29. The molecule has 42 heavy (non-hydrogen) atoms. The van der Waals surface area contributed by atoms with E-state index < -0.39 is 23.8 Å². The van der Waals surface area contributed by atoms with Crippen molar-refractivity contribution in [3.8, 4) is 0 Å². The Morgan fingerprint density at radius 2 is 1.52 bits per heavy atom. The standard InChI is InChI=1S/C35H47N3O4/c1-9-10-13-18-38(33(40)30(23(2)3)37-34(41)42-35(6,7)8)31(28-20-24(4)19-25(5)21-28)32(39)36-29-17-16-26-14-11-12-15-27(26)22-29/h11-12,14-17,19-23,30-31H,9-10,13,18H2,1-8H3,(H,36,39)(H,37,41). The highest BCUT2D eigenvalue weighted by molar-refractivity contribution is 6.00. The second kappa shape index (κ2) is 14.3. The second-order valence-corrected chi connectivity index (χ2v) is 12.5. The van der Waals surface area contributed by atoms with Crippen LogP contribution in [0.2, 0.25) is 0 Å². The van der Waals surface area contributed by atoms with E-state index in [0.29, 0.717) is 12.2 Å². The maximum atomic E-state index is 14.4. The number of fused-ring (bicyclic) bond motifs is 1. The molecule has 0 saturated carbocycles. The van der Waals surface area contributed by atoms with Gasteiger partial charge >= 0.3 is 6.09 Å². The molecule has 7 heteroatoms. The number of carbonyl (C=O) groups is 3. The van der Waals surface area contributed by atoms with Gasteiger partial charge in [-0.1, -0.05) is 93.3 Å². The van der Waals surface area contributed by atoms with E-state index in [1.807, 2.05) is 88.4 Å². The topological polar surface area (TPSA) is 87.7 Å². The molecule has 0 heterocycles. The molecule has 0 bridgehead atoms. The summed E-state index contributed by atoms with van der Waals surface area (Å²) in [7, 11) is 0. The summed E-state index contributed by atoms with van der Waals surface area (Å²) in [6.07, 6.45) is 1.93. The average molecular weight is 574 g/mol. The van der Waals surface area contributed by atoms with Crippen molar-refractivity contribution >= 4 is 34.4 Å². The minimum Gasteiger partial charge on any atom is -0.444 e. The summed E-state index contributed by atoms with van der Waals surface area (Å²) in [6, 6.07) is 18.0. The first-order chi connectivity index (χ1) is 19.8. The lowest BCUT2D eigenvalue weighted by Gasteiger charge is -2.36. The molecule has 0 aliphatic carbocycles. The van der Waals surface area contributed by atoms with Gasteiger partial charge in [0.1, 0.15) is 17.7 Å². The van der Waals surface area contributed by atoms with Crippen LogP contribution in [0.4, 0.5) is 10.5 Å². The van der Waals surface area contributed by atoms with Crippen LogP contribution in [0.1, 0.15) is 83.5 Å². The first-order valence-electron chi connectivity index (χ1n) is 15.0. The van der Waals surface area contributed by atoms with E-state index in [9.17, 15) is 14.4 Å². The van der Waals surface area contributed by atoms with E-state index in [2.05, 4.69) is 17.6 Å². The van der Waals surface area contributed by atoms with Gasteiger partial charge in [0.2, 0.25) is 5.91 Å². The van der Waals surface area contributed by atoms with Gasteiger partial charge in [-0.05, 0) is 75.4 Å². The lowest BCUT2D eigenvalue weighted by Crippen LogP contribution is -2.54. The molecule has 0 aliphatic rings. The van der Waals surface area contributed by atoms with Gasteiger partial charge in [0.15, 0.2) is 0 Å². The van der Waals surface area contributed by atoms with Crippen molar-refractivity contribution in [1.29, 1.82) is 0 Å². The summed E-state index contributed by atoms with van der Waals surface area (Å²) in [5.74, 6) is -0.855. The number of benzene rings is 3. The fourth-order valence-electron chi connectivity index (χ4n) is 5.14. The zero-order valence-electron chi connectivity index (χ0n) is 26.4. The van der Waals surface area contributed by atoms with Crippen LogP contribution in [-0.4, -0.2) is 41.0 Å². The van der Waals surface area contributed by atoms with Gasteiger partial charge in [0.05, 0.1) is 0 Å². The van der Waals surface area contributed by atoms with Crippen molar-refractivity contribution in [2.24, 2.45) is 5.92 Å². The Hall–Kier alpha value is -3.87. The summed E-state index contributed by atoms with van der Waals surface area (Å²) >= 11 is 0. The summed E-state index contributed by atoms with van der Waals surface area (Å²) in [6.45, 7) is 15.5. The molecule has 0 radical (unpaired) electrons. The number of alkyl carbamates (subject to hydrolysis) is 1. The Morgan fingerprint density at radius 1 is 0.881 bits per heavy atom. The van der Waals surface area contributed by atoms with Crippen molar-refractivity contribution in [3.63, 3.8) is 0 Å². The lowest BCUT2D eigenvalue weighted by molar-refractivity contribution is -0.141. The van der Waals surface area contributed by atoms with Crippen molar-refractivity contribution in [2.45, 2.75) is 92.3 Å². The molecule has 0 spiro atoms. The maximum Gasteiger partial charge on any atom is 0.408 e. The van der Waals surface area contributed by atoms with Gasteiger partial charge in [-0.15, -0.1) is 0 Å².